The van der Waals surface area contributed by atoms with Crippen molar-refractivity contribution in [3.8, 4) is 0 Å². The summed E-state index contributed by atoms with van der Waals surface area (Å²) in [7, 11) is 0. The topological polar surface area (TPSA) is 54.5 Å². The minimum atomic E-state index is 0.154. The highest BCUT2D eigenvalue weighted by atomic mass is 32.2. The van der Waals surface area contributed by atoms with E-state index in [9.17, 15) is 0 Å². The number of H-pyrrole nitrogens is 1. The molecule has 0 aliphatic rings. The Morgan fingerprint density at radius 3 is 2.79 bits per heavy atom. The van der Waals surface area contributed by atoms with Crippen LogP contribution >= 0.6 is 11.8 Å². The minimum Gasteiger partial charge on any atom is -0.330 e. The maximum Gasteiger partial charge on any atom is 0.181 e. The van der Waals surface area contributed by atoms with Crippen molar-refractivity contribution in [3.63, 3.8) is 0 Å². The molecule has 0 aromatic carbocycles. The maximum atomic E-state index is 4.35. The van der Waals surface area contributed by atoms with E-state index in [4.69, 9.17) is 0 Å². The highest BCUT2D eigenvalue weighted by Gasteiger charge is 2.15. The standard InChI is InChI=1S/C9H12N4S/c1-9(2,3)14-8-12-6-4-10-5-11-7(6)13-8/h4-5H,1-3H3,(H,10,11,12,13). The lowest BCUT2D eigenvalue weighted by atomic mass is 10.3. The molecule has 5 heteroatoms. The van der Waals surface area contributed by atoms with E-state index in [0.29, 0.717) is 0 Å². The van der Waals surface area contributed by atoms with Crippen molar-refractivity contribution in [3.05, 3.63) is 12.5 Å². The molecule has 0 atom stereocenters. The number of thioether (sulfide) groups is 1. The molecule has 1 N–H and O–H groups in total. The first kappa shape index (κ1) is 9.45. The molecule has 0 spiro atoms. The van der Waals surface area contributed by atoms with E-state index in [2.05, 4.69) is 40.7 Å². The Kier molecular flexibility index (Phi) is 2.19. The fraction of sp³-hybridized carbons (Fsp3) is 0.444. The molecule has 0 radical (unpaired) electrons. The van der Waals surface area contributed by atoms with Crippen molar-refractivity contribution in [2.24, 2.45) is 0 Å². The molecule has 0 saturated carbocycles. The molecule has 74 valence electrons. The van der Waals surface area contributed by atoms with Gasteiger partial charge in [0.1, 0.15) is 11.8 Å². The van der Waals surface area contributed by atoms with Gasteiger partial charge < -0.3 is 4.98 Å². The van der Waals surface area contributed by atoms with Gasteiger partial charge in [-0.1, -0.05) is 32.5 Å². The van der Waals surface area contributed by atoms with Crippen molar-refractivity contribution in [2.45, 2.75) is 30.7 Å². The van der Waals surface area contributed by atoms with E-state index in [1.54, 1.807) is 18.0 Å². The van der Waals surface area contributed by atoms with Gasteiger partial charge in [0.15, 0.2) is 10.8 Å². The fourth-order valence-electron chi connectivity index (χ4n) is 1.08. The van der Waals surface area contributed by atoms with Crippen LogP contribution in [0.2, 0.25) is 0 Å². The van der Waals surface area contributed by atoms with E-state index >= 15 is 0 Å². The first-order valence-corrected chi connectivity index (χ1v) is 5.21. The monoisotopic (exact) mass is 208 g/mol. The molecular weight excluding hydrogens is 196 g/mol. The minimum absolute atomic E-state index is 0.154. The Balaban J connectivity index is 2.36. The molecule has 2 rings (SSSR count). The number of fused-ring (bicyclic) bond motifs is 1. The number of rotatable bonds is 1. The molecule has 4 nitrogen and oxygen atoms in total. The number of hydrogen-bond donors (Lipinski definition) is 1. The number of aromatic amines is 1. The summed E-state index contributed by atoms with van der Waals surface area (Å²) in [4.78, 5) is 15.5. The van der Waals surface area contributed by atoms with Crippen LogP contribution in [-0.4, -0.2) is 24.7 Å². The Bertz CT molecular complexity index is 410. The van der Waals surface area contributed by atoms with Crippen LogP contribution in [0, 0.1) is 0 Å². The van der Waals surface area contributed by atoms with Crippen LogP contribution in [0.5, 0.6) is 0 Å². The van der Waals surface area contributed by atoms with Gasteiger partial charge in [-0.15, -0.1) is 0 Å². The lowest BCUT2D eigenvalue weighted by molar-refractivity contribution is 0.796. The average molecular weight is 208 g/mol. The predicted molar refractivity (Wildman–Crippen MR) is 57.3 cm³/mol. The lowest BCUT2D eigenvalue weighted by Gasteiger charge is -2.14. The van der Waals surface area contributed by atoms with Crippen LogP contribution < -0.4 is 0 Å². The van der Waals surface area contributed by atoms with Crippen molar-refractivity contribution in [1.82, 2.24) is 19.9 Å². The van der Waals surface area contributed by atoms with Crippen molar-refractivity contribution in [2.75, 3.05) is 0 Å². The van der Waals surface area contributed by atoms with Crippen LogP contribution in [0.25, 0.3) is 11.2 Å². The van der Waals surface area contributed by atoms with Gasteiger partial charge in [0.25, 0.3) is 0 Å². The Labute approximate surface area is 86.6 Å². The third-order valence-corrected chi connectivity index (χ3v) is 2.54. The van der Waals surface area contributed by atoms with Crippen LogP contribution in [0.3, 0.4) is 0 Å². The summed E-state index contributed by atoms with van der Waals surface area (Å²) in [6, 6.07) is 0. The number of nitrogens with one attached hydrogen (secondary N) is 1. The summed E-state index contributed by atoms with van der Waals surface area (Å²) < 4.78 is 0.154. The molecule has 0 aliphatic heterocycles. The zero-order valence-electron chi connectivity index (χ0n) is 8.40. The Morgan fingerprint density at radius 1 is 1.36 bits per heavy atom. The second-order valence-corrected chi connectivity index (χ2v) is 5.83. The van der Waals surface area contributed by atoms with Crippen molar-refractivity contribution in [1.29, 1.82) is 0 Å². The van der Waals surface area contributed by atoms with E-state index in [0.717, 1.165) is 16.3 Å². The van der Waals surface area contributed by atoms with Gasteiger partial charge in [-0.2, -0.15) is 0 Å². The van der Waals surface area contributed by atoms with Gasteiger partial charge in [0.05, 0.1) is 6.20 Å². The Hall–Kier alpha value is -1.10. The summed E-state index contributed by atoms with van der Waals surface area (Å²) in [6.07, 6.45) is 3.25. The summed E-state index contributed by atoms with van der Waals surface area (Å²) in [6.45, 7) is 6.45. The van der Waals surface area contributed by atoms with Gasteiger partial charge in [0.2, 0.25) is 0 Å². The largest absolute Gasteiger partial charge is 0.330 e. The van der Waals surface area contributed by atoms with Gasteiger partial charge >= 0.3 is 0 Å². The van der Waals surface area contributed by atoms with Gasteiger partial charge in [-0.05, 0) is 0 Å². The molecule has 0 unspecified atom stereocenters. The normalized spacial score (nSPS) is 12.2. The fourth-order valence-corrected chi connectivity index (χ4v) is 1.95. The van der Waals surface area contributed by atoms with E-state index < -0.39 is 0 Å². The average Bonchev–Trinajstić information content (AvgIpc) is 2.42. The van der Waals surface area contributed by atoms with Gasteiger partial charge in [-0.3, -0.25) is 0 Å². The van der Waals surface area contributed by atoms with Crippen LogP contribution in [0.15, 0.2) is 17.7 Å². The van der Waals surface area contributed by atoms with Gasteiger partial charge in [-0.25, -0.2) is 15.0 Å². The molecule has 0 aliphatic carbocycles. The van der Waals surface area contributed by atoms with E-state index in [1.807, 2.05) is 0 Å². The van der Waals surface area contributed by atoms with Crippen molar-refractivity contribution >= 4 is 22.9 Å². The molecule has 2 aromatic rings. The number of aromatic nitrogens is 4. The van der Waals surface area contributed by atoms with Gasteiger partial charge in [0, 0.05) is 4.75 Å². The molecule has 0 bridgehead atoms. The highest BCUT2D eigenvalue weighted by molar-refractivity contribution is 8.00. The lowest BCUT2D eigenvalue weighted by Crippen LogP contribution is -2.06. The van der Waals surface area contributed by atoms with Crippen LogP contribution in [0.1, 0.15) is 20.8 Å². The smallest absolute Gasteiger partial charge is 0.181 e. The van der Waals surface area contributed by atoms with Crippen LogP contribution in [-0.2, 0) is 0 Å². The summed E-state index contributed by atoms with van der Waals surface area (Å²) in [5.41, 5.74) is 1.62. The summed E-state index contributed by atoms with van der Waals surface area (Å²) >= 11 is 1.69. The van der Waals surface area contributed by atoms with Crippen LogP contribution in [0.4, 0.5) is 0 Å². The third-order valence-electron chi connectivity index (χ3n) is 1.54. The summed E-state index contributed by atoms with van der Waals surface area (Å²) in [5.74, 6) is 0. The van der Waals surface area contributed by atoms with Crippen molar-refractivity contribution < 1.29 is 0 Å². The van der Waals surface area contributed by atoms with E-state index in [1.165, 1.54) is 6.33 Å². The molecule has 0 saturated heterocycles. The second kappa shape index (κ2) is 3.24. The zero-order chi connectivity index (χ0) is 10.2. The molecule has 0 fully saturated rings. The Morgan fingerprint density at radius 2 is 2.14 bits per heavy atom. The second-order valence-electron chi connectivity index (χ2n) is 4.02. The quantitative estimate of drug-likeness (QED) is 0.730. The molecule has 14 heavy (non-hydrogen) atoms. The molecule has 2 heterocycles. The first-order valence-electron chi connectivity index (χ1n) is 4.39. The molecule has 0 amide bonds. The predicted octanol–water partition coefficient (Wildman–Crippen LogP) is 2.24. The van der Waals surface area contributed by atoms with E-state index in [-0.39, 0.29) is 4.75 Å². The summed E-state index contributed by atoms with van der Waals surface area (Å²) in [5, 5.41) is 0.896. The number of imidazole rings is 1. The maximum absolute atomic E-state index is 4.35. The first-order chi connectivity index (χ1) is 6.54. The SMILES string of the molecule is CC(C)(C)Sc1nc2ncncc2[nH]1. The highest BCUT2D eigenvalue weighted by Crippen LogP contribution is 2.30. The third kappa shape index (κ3) is 2.04. The molecule has 2 aromatic heterocycles. The number of nitrogens with zero attached hydrogens (tertiary/aromatic N) is 3. The molecular formula is C9H12N4S. The zero-order valence-corrected chi connectivity index (χ0v) is 9.22. The number of hydrogen-bond acceptors (Lipinski definition) is 4.